The van der Waals surface area contributed by atoms with Gasteiger partial charge in [-0.2, -0.15) is 0 Å². The highest BCUT2D eigenvalue weighted by molar-refractivity contribution is 6.09. The second kappa shape index (κ2) is 6.53. The Kier molecular flexibility index (Phi) is 4.27. The van der Waals surface area contributed by atoms with Crippen LogP contribution in [0.15, 0.2) is 54.6 Å². The van der Waals surface area contributed by atoms with Gasteiger partial charge in [0.1, 0.15) is 5.82 Å². The zero-order valence-corrected chi connectivity index (χ0v) is 15.4. The molecule has 6 nitrogen and oxygen atoms in total. The molecule has 1 N–H and O–H groups in total. The summed E-state index contributed by atoms with van der Waals surface area (Å²) in [6.07, 6.45) is 0. The van der Waals surface area contributed by atoms with Crippen LogP contribution in [0.3, 0.4) is 0 Å². The van der Waals surface area contributed by atoms with Crippen molar-refractivity contribution in [3.63, 3.8) is 0 Å². The summed E-state index contributed by atoms with van der Waals surface area (Å²) in [6.45, 7) is 0. The molecule has 4 atom stereocenters. The third-order valence-electron chi connectivity index (χ3n) is 5.75. The van der Waals surface area contributed by atoms with Gasteiger partial charge in [-0.3, -0.25) is 19.8 Å². The molecule has 4 rings (SSSR count). The molecule has 0 saturated carbocycles. The Morgan fingerprint density at radius 2 is 1.71 bits per heavy atom. The largest absolute Gasteiger partial charge is 0.467 e. The number of halogens is 1. The zero-order chi connectivity index (χ0) is 20.1. The first-order valence-corrected chi connectivity index (χ1v) is 8.90. The number of likely N-dealkylation sites (tertiary alicyclic amines) is 1. The Morgan fingerprint density at radius 1 is 1.07 bits per heavy atom. The van der Waals surface area contributed by atoms with Gasteiger partial charge in [0, 0.05) is 13.1 Å². The van der Waals surface area contributed by atoms with E-state index in [2.05, 4.69) is 5.32 Å². The molecular weight excluding hydrogens is 363 g/mol. The van der Waals surface area contributed by atoms with Crippen LogP contribution in [0.5, 0.6) is 0 Å². The van der Waals surface area contributed by atoms with Crippen molar-refractivity contribution in [2.24, 2.45) is 11.8 Å². The van der Waals surface area contributed by atoms with E-state index in [1.807, 2.05) is 0 Å². The molecule has 2 aromatic carbocycles. The number of benzene rings is 2. The van der Waals surface area contributed by atoms with Gasteiger partial charge in [0.25, 0.3) is 0 Å². The Balaban J connectivity index is 1.94. The topological polar surface area (TPSA) is 75.7 Å². The molecule has 0 bridgehead atoms. The van der Waals surface area contributed by atoms with E-state index >= 15 is 0 Å². The van der Waals surface area contributed by atoms with Crippen LogP contribution in [0.4, 0.5) is 4.39 Å². The maximum absolute atomic E-state index is 13.4. The van der Waals surface area contributed by atoms with Crippen molar-refractivity contribution in [3.8, 4) is 0 Å². The number of carbonyl (C=O) groups is 3. The van der Waals surface area contributed by atoms with Crippen LogP contribution < -0.4 is 5.32 Å². The van der Waals surface area contributed by atoms with Crippen LogP contribution in [0, 0.1) is 17.7 Å². The lowest BCUT2D eigenvalue weighted by atomic mass is 9.75. The summed E-state index contributed by atoms with van der Waals surface area (Å²) < 4.78 is 18.5. The number of carbonyl (C=O) groups excluding carboxylic acids is 3. The number of imide groups is 1. The van der Waals surface area contributed by atoms with Gasteiger partial charge in [0.2, 0.25) is 11.8 Å². The van der Waals surface area contributed by atoms with Crippen LogP contribution in [-0.2, 0) is 24.7 Å². The molecule has 2 heterocycles. The number of rotatable bonds is 3. The number of nitrogens with zero attached hydrogens (tertiary/aromatic N) is 1. The third kappa shape index (κ3) is 2.39. The van der Waals surface area contributed by atoms with E-state index in [0.29, 0.717) is 11.1 Å². The number of nitrogens with one attached hydrogen (secondary N) is 1. The summed E-state index contributed by atoms with van der Waals surface area (Å²) in [7, 11) is 2.66. The first-order chi connectivity index (χ1) is 13.4. The van der Waals surface area contributed by atoms with E-state index < -0.39 is 41.1 Å². The van der Waals surface area contributed by atoms with Crippen molar-refractivity contribution in [3.05, 3.63) is 71.5 Å². The van der Waals surface area contributed by atoms with Crippen molar-refractivity contribution >= 4 is 17.8 Å². The van der Waals surface area contributed by atoms with Crippen molar-refractivity contribution in [1.29, 1.82) is 0 Å². The lowest BCUT2D eigenvalue weighted by Crippen LogP contribution is -2.53. The monoisotopic (exact) mass is 382 g/mol. The van der Waals surface area contributed by atoms with E-state index in [1.165, 1.54) is 26.3 Å². The van der Waals surface area contributed by atoms with Crippen LogP contribution in [-0.4, -0.2) is 36.8 Å². The van der Waals surface area contributed by atoms with E-state index in [1.54, 1.807) is 42.5 Å². The Labute approximate surface area is 161 Å². The smallest absolute Gasteiger partial charge is 0.331 e. The summed E-state index contributed by atoms with van der Waals surface area (Å²) in [5.41, 5.74) is -0.357. The van der Waals surface area contributed by atoms with Gasteiger partial charge in [-0.25, -0.2) is 9.18 Å². The van der Waals surface area contributed by atoms with E-state index in [0.717, 1.165) is 4.90 Å². The fourth-order valence-electron chi connectivity index (χ4n) is 4.44. The number of amides is 2. The second-order valence-electron chi connectivity index (χ2n) is 7.08. The Hall–Kier alpha value is -3.06. The molecule has 28 heavy (non-hydrogen) atoms. The molecule has 7 heteroatoms. The summed E-state index contributed by atoms with van der Waals surface area (Å²) in [6, 6.07) is 13.8. The number of esters is 1. The summed E-state index contributed by atoms with van der Waals surface area (Å²) in [4.78, 5) is 40.1. The number of hydrogen-bond donors (Lipinski definition) is 1. The van der Waals surface area contributed by atoms with Crippen LogP contribution >= 0.6 is 0 Å². The highest BCUT2D eigenvalue weighted by Crippen LogP contribution is 2.53. The third-order valence-corrected chi connectivity index (χ3v) is 5.75. The van der Waals surface area contributed by atoms with Crippen LogP contribution in [0.1, 0.15) is 17.2 Å². The molecule has 144 valence electrons. The van der Waals surface area contributed by atoms with Gasteiger partial charge in [-0.05, 0) is 23.3 Å². The van der Waals surface area contributed by atoms with Crippen molar-refractivity contribution < 1.29 is 23.5 Å². The van der Waals surface area contributed by atoms with E-state index in [-0.39, 0.29) is 5.91 Å². The number of hydrogen-bond acceptors (Lipinski definition) is 5. The Bertz CT molecular complexity index is 947. The number of fused-ring (bicyclic) bond motifs is 1. The van der Waals surface area contributed by atoms with Gasteiger partial charge in [-0.15, -0.1) is 0 Å². The molecular formula is C21H19FN2O4. The van der Waals surface area contributed by atoms with Gasteiger partial charge >= 0.3 is 5.97 Å². The lowest BCUT2D eigenvalue weighted by molar-refractivity contribution is -0.154. The highest BCUT2D eigenvalue weighted by Gasteiger charge is 2.68. The molecule has 0 aromatic heterocycles. The normalized spacial score (nSPS) is 29.1. The maximum Gasteiger partial charge on any atom is 0.331 e. The SMILES string of the molecule is COC(=O)[C@]1(c2ccccc2)N[C@H](c2ccc(F)cc2)[C@@H]2C(=O)N(C)C(=O)[C@H]21. The molecule has 0 unspecified atom stereocenters. The van der Waals surface area contributed by atoms with E-state index in [4.69, 9.17) is 4.74 Å². The maximum atomic E-state index is 13.4. The molecule has 2 saturated heterocycles. The van der Waals surface area contributed by atoms with Crippen molar-refractivity contribution in [2.75, 3.05) is 14.2 Å². The molecule has 2 aliphatic rings. The first kappa shape index (κ1) is 18.3. The van der Waals surface area contributed by atoms with Gasteiger partial charge < -0.3 is 4.74 Å². The van der Waals surface area contributed by atoms with Gasteiger partial charge in [0.05, 0.1) is 18.9 Å². The van der Waals surface area contributed by atoms with Crippen molar-refractivity contribution in [1.82, 2.24) is 10.2 Å². The number of ether oxygens (including phenoxy) is 1. The zero-order valence-electron chi connectivity index (χ0n) is 15.4. The highest BCUT2D eigenvalue weighted by atomic mass is 19.1. The quantitative estimate of drug-likeness (QED) is 0.647. The Morgan fingerprint density at radius 3 is 2.32 bits per heavy atom. The fourth-order valence-corrected chi connectivity index (χ4v) is 4.44. The fraction of sp³-hybridized carbons (Fsp3) is 0.286. The minimum atomic E-state index is -1.52. The minimum Gasteiger partial charge on any atom is -0.467 e. The van der Waals surface area contributed by atoms with E-state index in [9.17, 15) is 18.8 Å². The molecule has 0 spiro atoms. The molecule has 2 fully saturated rings. The van der Waals surface area contributed by atoms with Gasteiger partial charge in [-0.1, -0.05) is 42.5 Å². The molecule has 0 aliphatic carbocycles. The molecule has 0 radical (unpaired) electrons. The van der Waals surface area contributed by atoms with Gasteiger partial charge in [0.15, 0.2) is 5.54 Å². The predicted molar refractivity (Wildman–Crippen MR) is 97.2 cm³/mol. The second-order valence-corrected chi connectivity index (χ2v) is 7.08. The summed E-state index contributed by atoms with van der Waals surface area (Å²) in [5.74, 6) is -3.64. The standard InChI is InChI=1S/C21H19FN2O4/c1-24-18(25)15-16(19(24)26)21(20(27)28-2,13-6-4-3-5-7-13)23-17(15)12-8-10-14(22)11-9-12/h3-11,15-17,23H,1-2H3/t15-,16+,17-,21-/m1/s1. The van der Waals surface area contributed by atoms with Crippen LogP contribution in [0.2, 0.25) is 0 Å². The van der Waals surface area contributed by atoms with Crippen molar-refractivity contribution in [2.45, 2.75) is 11.6 Å². The molecule has 2 aliphatic heterocycles. The first-order valence-electron chi connectivity index (χ1n) is 8.90. The minimum absolute atomic E-state index is 0.376. The summed E-state index contributed by atoms with van der Waals surface area (Å²) in [5, 5.41) is 3.23. The molecule has 2 aromatic rings. The summed E-state index contributed by atoms with van der Waals surface area (Å²) >= 11 is 0. The molecule has 2 amide bonds. The van der Waals surface area contributed by atoms with Crippen LogP contribution in [0.25, 0.3) is 0 Å². The average molecular weight is 382 g/mol. The predicted octanol–water partition coefficient (Wildman–Crippen LogP) is 1.77. The lowest BCUT2D eigenvalue weighted by Gasteiger charge is -2.32. The number of methoxy groups -OCH3 is 1. The average Bonchev–Trinajstić information content (AvgIpc) is 3.19.